The van der Waals surface area contributed by atoms with Crippen molar-refractivity contribution in [2.24, 2.45) is 0 Å². The highest BCUT2D eigenvalue weighted by molar-refractivity contribution is 6.19. The Labute approximate surface area is 200 Å². The number of hydrogen-bond acceptors (Lipinski definition) is 2. The van der Waals surface area contributed by atoms with Gasteiger partial charge in [0.15, 0.2) is 0 Å². The molecule has 5 aromatic carbocycles. The Balaban J connectivity index is 1.73. The van der Waals surface area contributed by atoms with E-state index in [9.17, 15) is 9.59 Å². The van der Waals surface area contributed by atoms with Crippen molar-refractivity contribution in [3.8, 4) is 22.3 Å². The summed E-state index contributed by atoms with van der Waals surface area (Å²) in [5.74, 6) is 0. The van der Waals surface area contributed by atoms with Crippen LogP contribution in [0.4, 0.5) is 0 Å². The number of nitrogens with zero attached hydrogens (tertiary/aromatic N) is 1. The molecule has 0 unspecified atom stereocenters. The molecule has 164 valence electrons. The molecule has 0 atom stereocenters. The molecule has 0 spiro atoms. The summed E-state index contributed by atoms with van der Waals surface area (Å²) < 4.78 is 1.36. The molecular weight excluding hydrogens is 430 g/mol. The van der Waals surface area contributed by atoms with Crippen LogP contribution in [-0.2, 0) is 0 Å². The van der Waals surface area contributed by atoms with Crippen LogP contribution in [0.25, 0.3) is 60.1 Å². The van der Waals surface area contributed by atoms with Crippen LogP contribution in [0, 0.1) is 0 Å². The Bertz CT molecular complexity index is 1940. The summed E-state index contributed by atoms with van der Waals surface area (Å²) in [6.07, 6.45) is 0. The average Bonchev–Trinajstić information content (AvgIpc) is 2.93. The highest BCUT2D eigenvalue weighted by atomic mass is 16.2. The first-order chi connectivity index (χ1) is 17.2. The minimum absolute atomic E-state index is 0.272. The summed E-state index contributed by atoms with van der Waals surface area (Å²) in [6, 6.07) is 38.1. The van der Waals surface area contributed by atoms with Crippen molar-refractivity contribution in [2.75, 3.05) is 0 Å². The third-order valence-electron chi connectivity index (χ3n) is 6.96. The van der Waals surface area contributed by atoms with E-state index in [1.807, 2.05) is 60.7 Å². The molecule has 0 aliphatic carbocycles. The second-order valence-corrected chi connectivity index (χ2v) is 8.87. The van der Waals surface area contributed by atoms with Gasteiger partial charge in [0, 0.05) is 21.5 Å². The minimum atomic E-state index is -0.272. The average molecular weight is 450 g/mol. The van der Waals surface area contributed by atoms with Crippen LogP contribution in [0.5, 0.6) is 0 Å². The standard InChI is InChI=1S/C32H19NO2/c34-31-26-16-8-6-14-24(26)28-18-21(23-13-5-4-12-22(23)20-10-2-1-3-11-20)19-29-25-15-7-9-17-27(25)32(35)33(31)30(28)29/h1-19H. The van der Waals surface area contributed by atoms with E-state index in [1.54, 1.807) is 12.1 Å². The first-order valence-corrected chi connectivity index (χ1v) is 11.6. The number of fused-ring (bicyclic) bond motifs is 4. The zero-order chi connectivity index (χ0) is 23.5. The SMILES string of the molecule is O=c1c2ccccc2c2cc(-c3ccccc3-c3ccccc3)cc3c4ccccc4c(=O)n1c23. The van der Waals surface area contributed by atoms with Gasteiger partial charge in [0.05, 0.1) is 5.52 Å². The smallest absolute Gasteiger partial charge is 0.266 e. The molecule has 2 heterocycles. The van der Waals surface area contributed by atoms with E-state index >= 15 is 0 Å². The number of pyridine rings is 2. The Hall–Kier alpha value is -4.76. The summed E-state index contributed by atoms with van der Waals surface area (Å²) in [5, 5.41) is 4.61. The van der Waals surface area contributed by atoms with Gasteiger partial charge >= 0.3 is 0 Å². The lowest BCUT2D eigenvalue weighted by Gasteiger charge is -2.16. The van der Waals surface area contributed by atoms with Gasteiger partial charge in [-0.3, -0.25) is 9.59 Å². The lowest BCUT2D eigenvalue weighted by Crippen LogP contribution is -2.27. The van der Waals surface area contributed by atoms with Crippen LogP contribution in [0.3, 0.4) is 0 Å². The fourth-order valence-corrected chi connectivity index (χ4v) is 5.39. The van der Waals surface area contributed by atoms with E-state index < -0.39 is 0 Å². The van der Waals surface area contributed by atoms with Gasteiger partial charge in [-0.1, -0.05) is 91.0 Å². The molecular formula is C32H19NO2. The van der Waals surface area contributed by atoms with Crippen molar-refractivity contribution >= 4 is 37.8 Å². The van der Waals surface area contributed by atoms with Gasteiger partial charge in [0.25, 0.3) is 11.1 Å². The maximum atomic E-state index is 13.5. The zero-order valence-electron chi connectivity index (χ0n) is 18.7. The van der Waals surface area contributed by atoms with E-state index in [4.69, 9.17) is 0 Å². The Morgan fingerprint density at radius 1 is 0.400 bits per heavy atom. The summed E-state index contributed by atoms with van der Waals surface area (Å²) in [4.78, 5) is 27.0. The lowest BCUT2D eigenvalue weighted by atomic mass is 9.91. The maximum absolute atomic E-state index is 13.5. The van der Waals surface area contributed by atoms with Crippen LogP contribution in [-0.4, -0.2) is 4.40 Å². The van der Waals surface area contributed by atoms with E-state index in [0.29, 0.717) is 16.3 Å². The minimum Gasteiger partial charge on any atom is -0.268 e. The molecule has 0 fully saturated rings. The second kappa shape index (κ2) is 7.37. The molecule has 7 rings (SSSR count). The molecule has 0 saturated carbocycles. The monoisotopic (exact) mass is 449 g/mol. The molecule has 0 saturated heterocycles. The van der Waals surface area contributed by atoms with Gasteiger partial charge in [0.2, 0.25) is 0 Å². The molecule has 0 aliphatic heterocycles. The normalized spacial score (nSPS) is 11.7. The van der Waals surface area contributed by atoms with Crippen LogP contribution in [0.1, 0.15) is 0 Å². The number of rotatable bonds is 2. The van der Waals surface area contributed by atoms with Gasteiger partial charge in [-0.2, -0.15) is 0 Å². The van der Waals surface area contributed by atoms with Crippen molar-refractivity contribution in [2.45, 2.75) is 0 Å². The molecule has 2 aromatic heterocycles. The fraction of sp³-hybridized carbons (Fsp3) is 0. The lowest BCUT2D eigenvalue weighted by molar-refractivity contribution is 1.09. The molecule has 0 aliphatic rings. The van der Waals surface area contributed by atoms with Gasteiger partial charge in [-0.05, 0) is 57.3 Å². The maximum Gasteiger partial charge on any atom is 0.266 e. The number of hydrogen-bond donors (Lipinski definition) is 0. The van der Waals surface area contributed by atoms with Gasteiger partial charge in [-0.15, -0.1) is 0 Å². The van der Waals surface area contributed by atoms with Crippen LogP contribution < -0.4 is 11.1 Å². The predicted molar refractivity (Wildman–Crippen MR) is 145 cm³/mol. The molecule has 0 radical (unpaired) electrons. The topological polar surface area (TPSA) is 38.5 Å². The summed E-state index contributed by atoms with van der Waals surface area (Å²) in [6.45, 7) is 0. The quantitative estimate of drug-likeness (QED) is 0.213. The molecule has 7 aromatic rings. The molecule has 35 heavy (non-hydrogen) atoms. The fourth-order valence-electron chi connectivity index (χ4n) is 5.39. The van der Waals surface area contributed by atoms with Gasteiger partial charge in [0.1, 0.15) is 0 Å². The molecule has 3 heteroatoms. The second-order valence-electron chi connectivity index (χ2n) is 8.87. The molecule has 0 bridgehead atoms. The third kappa shape index (κ3) is 2.79. The first-order valence-electron chi connectivity index (χ1n) is 11.6. The van der Waals surface area contributed by atoms with Crippen molar-refractivity contribution in [3.05, 3.63) is 136 Å². The van der Waals surface area contributed by atoms with Crippen molar-refractivity contribution < 1.29 is 0 Å². The Kier molecular flexibility index (Phi) is 4.15. The summed E-state index contributed by atoms with van der Waals surface area (Å²) >= 11 is 0. The highest BCUT2D eigenvalue weighted by Gasteiger charge is 2.19. The van der Waals surface area contributed by atoms with Crippen molar-refractivity contribution in [3.63, 3.8) is 0 Å². The molecule has 0 amide bonds. The van der Waals surface area contributed by atoms with E-state index in [0.717, 1.165) is 43.8 Å². The van der Waals surface area contributed by atoms with Crippen LogP contribution >= 0.6 is 0 Å². The van der Waals surface area contributed by atoms with Crippen LogP contribution in [0.15, 0.2) is 125 Å². The van der Waals surface area contributed by atoms with E-state index in [1.165, 1.54) is 4.40 Å². The molecule has 3 nitrogen and oxygen atoms in total. The van der Waals surface area contributed by atoms with Crippen molar-refractivity contribution in [1.29, 1.82) is 0 Å². The summed E-state index contributed by atoms with van der Waals surface area (Å²) in [7, 11) is 0. The van der Waals surface area contributed by atoms with Gasteiger partial charge in [-0.25, -0.2) is 4.40 Å². The van der Waals surface area contributed by atoms with Gasteiger partial charge < -0.3 is 0 Å². The highest BCUT2D eigenvalue weighted by Crippen LogP contribution is 2.38. The third-order valence-corrected chi connectivity index (χ3v) is 6.96. The number of aromatic nitrogens is 1. The van der Waals surface area contributed by atoms with Crippen LogP contribution in [0.2, 0.25) is 0 Å². The van der Waals surface area contributed by atoms with E-state index in [-0.39, 0.29) is 11.1 Å². The predicted octanol–water partition coefficient (Wildman–Crippen LogP) is 6.89. The molecule has 0 N–H and O–H groups in total. The Morgan fingerprint density at radius 2 is 0.829 bits per heavy atom. The largest absolute Gasteiger partial charge is 0.268 e. The zero-order valence-corrected chi connectivity index (χ0v) is 18.7. The summed E-state index contributed by atoms with van der Waals surface area (Å²) in [5.41, 5.74) is 4.56. The number of benzene rings is 5. The van der Waals surface area contributed by atoms with Crippen molar-refractivity contribution in [1.82, 2.24) is 4.40 Å². The van der Waals surface area contributed by atoms with E-state index in [2.05, 4.69) is 42.5 Å². The Morgan fingerprint density at radius 3 is 1.37 bits per heavy atom. The first kappa shape index (κ1) is 19.7.